The Morgan fingerprint density at radius 2 is 1.89 bits per heavy atom. The van der Waals surface area contributed by atoms with Gasteiger partial charge in [0.05, 0.1) is 0 Å². The van der Waals surface area contributed by atoms with Gasteiger partial charge < -0.3 is 10.6 Å². The van der Waals surface area contributed by atoms with Crippen LogP contribution in [0, 0.1) is 12.7 Å². The van der Waals surface area contributed by atoms with Crippen LogP contribution >= 0.6 is 0 Å². The number of hydrogen-bond donors (Lipinski definition) is 2. The number of nitrogens with one attached hydrogen (secondary N) is 2. The summed E-state index contributed by atoms with van der Waals surface area (Å²) < 4.78 is 13.4. The van der Waals surface area contributed by atoms with E-state index in [4.69, 9.17) is 0 Å². The van der Waals surface area contributed by atoms with Gasteiger partial charge in [-0.1, -0.05) is 18.2 Å². The molecular formula is C14H17FN4. The first kappa shape index (κ1) is 13.3. The van der Waals surface area contributed by atoms with Crippen molar-refractivity contribution >= 4 is 11.6 Å². The summed E-state index contributed by atoms with van der Waals surface area (Å²) in [5.41, 5.74) is 1.66. The first-order chi connectivity index (χ1) is 9.22. The van der Waals surface area contributed by atoms with Gasteiger partial charge in [-0.2, -0.15) is 0 Å². The second-order valence-electron chi connectivity index (χ2n) is 4.21. The predicted octanol–water partition coefficient (Wildman–Crippen LogP) is 2.62. The molecule has 0 unspecified atom stereocenters. The van der Waals surface area contributed by atoms with Crippen LogP contribution in [0.3, 0.4) is 0 Å². The molecule has 5 heteroatoms. The maximum atomic E-state index is 13.4. The van der Waals surface area contributed by atoms with Gasteiger partial charge in [-0.3, -0.25) is 0 Å². The second kappa shape index (κ2) is 6.13. The summed E-state index contributed by atoms with van der Waals surface area (Å²) in [5.74, 6) is 1.40. The first-order valence-corrected chi connectivity index (χ1v) is 6.19. The van der Waals surface area contributed by atoms with Gasteiger partial charge in [0.25, 0.3) is 0 Å². The van der Waals surface area contributed by atoms with E-state index in [1.165, 1.54) is 12.4 Å². The maximum Gasteiger partial charge on any atom is 0.134 e. The van der Waals surface area contributed by atoms with Crippen molar-refractivity contribution in [2.24, 2.45) is 0 Å². The standard InChI is InChI=1S/C14H17FN4/c1-10-13(16-2)18-9-19-14(10)17-8-7-11-5-3-4-6-12(11)15/h3-6,9H,7-8H2,1-2H3,(H2,16,17,18,19). The van der Waals surface area contributed by atoms with Crippen LogP contribution in [0.15, 0.2) is 30.6 Å². The molecule has 0 amide bonds. The zero-order valence-electron chi connectivity index (χ0n) is 11.1. The van der Waals surface area contributed by atoms with Crippen molar-refractivity contribution in [3.63, 3.8) is 0 Å². The summed E-state index contributed by atoms with van der Waals surface area (Å²) in [7, 11) is 1.82. The van der Waals surface area contributed by atoms with E-state index in [0.29, 0.717) is 18.5 Å². The Morgan fingerprint density at radius 1 is 1.16 bits per heavy atom. The number of anilines is 2. The molecular weight excluding hydrogens is 243 g/mol. The highest BCUT2D eigenvalue weighted by molar-refractivity contribution is 5.56. The van der Waals surface area contributed by atoms with Crippen LogP contribution in [0.1, 0.15) is 11.1 Å². The number of halogens is 1. The van der Waals surface area contributed by atoms with Crippen molar-refractivity contribution in [3.05, 3.63) is 47.5 Å². The minimum absolute atomic E-state index is 0.167. The molecule has 100 valence electrons. The molecule has 2 aromatic rings. The fourth-order valence-corrected chi connectivity index (χ4v) is 1.90. The highest BCUT2D eigenvalue weighted by atomic mass is 19.1. The van der Waals surface area contributed by atoms with Gasteiger partial charge in [-0.15, -0.1) is 0 Å². The van der Waals surface area contributed by atoms with Crippen LogP contribution in [0.2, 0.25) is 0 Å². The van der Waals surface area contributed by atoms with Gasteiger partial charge in [0.2, 0.25) is 0 Å². The number of nitrogens with zero attached hydrogens (tertiary/aromatic N) is 2. The monoisotopic (exact) mass is 260 g/mol. The second-order valence-corrected chi connectivity index (χ2v) is 4.21. The summed E-state index contributed by atoms with van der Waals surface area (Å²) in [6.07, 6.45) is 2.12. The number of rotatable bonds is 5. The average Bonchev–Trinajstić information content (AvgIpc) is 2.43. The SMILES string of the molecule is CNc1ncnc(NCCc2ccccc2F)c1C. The van der Waals surface area contributed by atoms with E-state index in [1.54, 1.807) is 12.1 Å². The zero-order chi connectivity index (χ0) is 13.7. The average molecular weight is 260 g/mol. The lowest BCUT2D eigenvalue weighted by Crippen LogP contribution is -2.10. The van der Waals surface area contributed by atoms with Crippen LogP contribution in [0.25, 0.3) is 0 Å². The van der Waals surface area contributed by atoms with Crippen molar-refractivity contribution in [3.8, 4) is 0 Å². The van der Waals surface area contributed by atoms with Crippen molar-refractivity contribution in [1.82, 2.24) is 9.97 Å². The third kappa shape index (κ3) is 3.19. The first-order valence-electron chi connectivity index (χ1n) is 6.19. The third-order valence-electron chi connectivity index (χ3n) is 2.97. The summed E-state index contributed by atoms with van der Waals surface area (Å²) in [6.45, 7) is 2.57. The van der Waals surface area contributed by atoms with Crippen LogP contribution in [-0.4, -0.2) is 23.6 Å². The number of aromatic nitrogens is 2. The van der Waals surface area contributed by atoms with Gasteiger partial charge in [0.1, 0.15) is 23.8 Å². The molecule has 1 aromatic carbocycles. The van der Waals surface area contributed by atoms with E-state index in [0.717, 1.165) is 17.2 Å². The maximum absolute atomic E-state index is 13.4. The Bertz CT molecular complexity index is 557. The summed E-state index contributed by atoms with van der Waals surface area (Å²) in [5, 5.41) is 6.21. The fraction of sp³-hybridized carbons (Fsp3) is 0.286. The Labute approximate surface area is 112 Å². The van der Waals surface area contributed by atoms with Crippen LogP contribution in [-0.2, 0) is 6.42 Å². The van der Waals surface area contributed by atoms with Crippen LogP contribution in [0.5, 0.6) is 0 Å². The van der Waals surface area contributed by atoms with E-state index >= 15 is 0 Å². The molecule has 0 bridgehead atoms. The Kier molecular flexibility index (Phi) is 4.28. The van der Waals surface area contributed by atoms with Crippen LogP contribution < -0.4 is 10.6 Å². The Balaban J connectivity index is 1.98. The van der Waals surface area contributed by atoms with Gasteiger partial charge in [-0.05, 0) is 25.0 Å². The number of benzene rings is 1. The molecule has 1 aromatic heterocycles. The van der Waals surface area contributed by atoms with E-state index in [9.17, 15) is 4.39 Å². The van der Waals surface area contributed by atoms with Gasteiger partial charge >= 0.3 is 0 Å². The molecule has 2 rings (SSSR count). The molecule has 0 atom stereocenters. The highest BCUT2D eigenvalue weighted by Gasteiger charge is 2.05. The lowest BCUT2D eigenvalue weighted by molar-refractivity contribution is 0.610. The molecule has 4 nitrogen and oxygen atoms in total. The zero-order valence-corrected chi connectivity index (χ0v) is 11.1. The van der Waals surface area contributed by atoms with Crippen molar-refractivity contribution < 1.29 is 4.39 Å². The minimum atomic E-state index is -0.167. The van der Waals surface area contributed by atoms with Gasteiger partial charge in [-0.25, -0.2) is 14.4 Å². The minimum Gasteiger partial charge on any atom is -0.373 e. The quantitative estimate of drug-likeness (QED) is 0.867. The molecule has 0 saturated heterocycles. The van der Waals surface area contributed by atoms with Crippen molar-refractivity contribution in [2.45, 2.75) is 13.3 Å². The molecule has 0 aliphatic rings. The molecule has 0 saturated carbocycles. The van der Waals surface area contributed by atoms with Crippen molar-refractivity contribution in [1.29, 1.82) is 0 Å². The fourth-order valence-electron chi connectivity index (χ4n) is 1.90. The lowest BCUT2D eigenvalue weighted by atomic mass is 10.1. The summed E-state index contributed by atoms with van der Waals surface area (Å²) in [6, 6.07) is 6.81. The topological polar surface area (TPSA) is 49.8 Å². The van der Waals surface area contributed by atoms with Gasteiger partial charge in [0, 0.05) is 19.2 Å². The largest absolute Gasteiger partial charge is 0.373 e. The van der Waals surface area contributed by atoms with Crippen molar-refractivity contribution in [2.75, 3.05) is 24.2 Å². The van der Waals surface area contributed by atoms with Gasteiger partial charge in [0.15, 0.2) is 0 Å². The van der Waals surface area contributed by atoms with E-state index < -0.39 is 0 Å². The molecule has 0 spiro atoms. The molecule has 2 N–H and O–H groups in total. The number of hydrogen-bond acceptors (Lipinski definition) is 4. The molecule has 0 radical (unpaired) electrons. The highest BCUT2D eigenvalue weighted by Crippen LogP contribution is 2.17. The molecule has 0 aliphatic carbocycles. The van der Waals surface area contributed by atoms with E-state index in [-0.39, 0.29) is 5.82 Å². The van der Waals surface area contributed by atoms with E-state index in [1.807, 2.05) is 20.0 Å². The van der Waals surface area contributed by atoms with Crippen LogP contribution in [0.4, 0.5) is 16.0 Å². The Hall–Kier alpha value is -2.17. The normalized spacial score (nSPS) is 10.3. The summed E-state index contributed by atoms with van der Waals surface area (Å²) in [4.78, 5) is 8.30. The summed E-state index contributed by atoms with van der Waals surface area (Å²) >= 11 is 0. The molecule has 19 heavy (non-hydrogen) atoms. The smallest absolute Gasteiger partial charge is 0.134 e. The lowest BCUT2D eigenvalue weighted by Gasteiger charge is -2.11. The molecule has 1 heterocycles. The third-order valence-corrected chi connectivity index (χ3v) is 2.97. The van der Waals surface area contributed by atoms with E-state index in [2.05, 4.69) is 20.6 Å². The predicted molar refractivity (Wildman–Crippen MR) is 74.9 cm³/mol. The molecule has 0 fully saturated rings. The Morgan fingerprint density at radius 3 is 2.63 bits per heavy atom. The molecule has 0 aliphatic heterocycles.